The number of anilines is 1. The molecule has 0 fully saturated rings. The standard InChI is InChI=1S/C13H21N3O/c1-13(2,12(15)17)8-4-3-5-11-7-6-10(14)9-16-11/h6-7,9H,3-5,8,14H2,1-2H3,(H2,15,17). The summed E-state index contributed by atoms with van der Waals surface area (Å²) < 4.78 is 0. The number of carbonyl (C=O) groups is 1. The van der Waals surface area contributed by atoms with Crippen molar-refractivity contribution in [3.63, 3.8) is 0 Å². The molecule has 0 aromatic carbocycles. The first-order valence-corrected chi connectivity index (χ1v) is 5.92. The third kappa shape index (κ3) is 4.43. The van der Waals surface area contributed by atoms with E-state index in [1.165, 1.54) is 0 Å². The molecule has 94 valence electrons. The maximum Gasteiger partial charge on any atom is 0.223 e. The van der Waals surface area contributed by atoms with E-state index in [1.807, 2.05) is 26.0 Å². The largest absolute Gasteiger partial charge is 0.397 e. The third-order valence-electron chi connectivity index (χ3n) is 3.00. The van der Waals surface area contributed by atoms with Gasteiger partial charge < -0.3 is 11.5 Å². The number of nitrogens with zero attached hydrogens (tertiary/aromatic N) is 1. The Bertz CT molecular complexity index is 371. The lowest BCUT2D eigenvalue weighted by molar-refractivity contribution is -0.126. The van der Waals surface area contributed by atoms with Gasteiger partial charge in [0.15, 0.2) is 0 Å². The highest BCUT2D eigenvalue weighted by Crippen LogP contribution is 2.22. The van der Waals surface area contributed by atoms with Gasteiger partial charge >= 0.3 is 0 Å². The van der Waals surface area contributed by atoms with Crippen LogP contribution in [-0.2, 0) is 11.2 Å². The molecule has 0 radical (unpaired) electrons. The predicted octanol–water partition coefficient (Wildman–Crippen LogP) is 1.89. The van der Waals surface area contributed by atoms with E-state index >= 15 is 0 Å². The summed E-state index contributed by atoms with van der Waals surface area (Å²) in [5, 5.41) is 0. The van der Waals surface area contributed by atoms with Crippen LogP contribution in [0.15, 0.2) is 18.3 Å². The highest BCUT2D eigenvalue weighted by molar-refractivity contribution is 5.79. The molecule has 0 bridgehead atoms. The lowest BCUT2D eigenvalue weighted by Gasteiger charge is -2.19. The van der Waals surface area contributed by atoms with Gasteiger partial charge in [0.2, 0.25) is 5.91 Å². The zero-order chi connectivity index (χ0) is 12.9. The van der Waals surface area contributed by atoms with Gasteiger partial charge in [-0.15, -0.1) is 0 Å². The number of carbonyl (C=O) groups excluding carboxylic acids is 1. The van der Waals surface area contributed by atoms with Crippen LogP contribution in [-0.4, -0.2) is 10.9 Å². The molecular formula is C13H21N3O. The Morgan fingerprint density at radius 1 is 1.35 bits per heavy atom. The fourth-order valence-corrected chi connectivity index (χ4v) is 1.58. The lowest BCUT2D eigenvalue weighted by atomic mass is 9.86. The van der Waals surface area contributed by atoms with Crippen molar-refractivity contribution in [2.75, 3.05) is 5.73 Å². The van der Waals surface area contributed by atoms with Crippen molar-refractivity contribution in [2.45, 2.75) is 39.5 Å². The molecule has 1 rings (SSSR count). The second kappa shape index (κ2) is 5.66. The Hall–Kier alpha value is -1.58. The van der Waals surface area contributed by atoms with E-state index in [9.17, 15) is 4.79 Å². The van der Waals surface area contributed by atoms with E-state index in [0.29, 0.717) is 5.69 Å². The van der Waals surface area contributed by atoms with Crippen LogP contribution < -0.4 is 11.5 Å². The summed E-state index contributed by atoms with van der Waals surface area (Å²) in [6, 6.07) is 3.80. The van der Waals surface area contributed by atoms with Crippen molar-refractivity contribution in [3.05, 3.63) is 24.0 Å². The van der Waals surface area contributed by atoms with E-state index in [-0.39, 0.29) is 5.91 Å². The van der Waals surface area contributed by atoms with Crippen LogP contribution in [0.4, 0.5) is 5.69 Å². The van der Waals surface area contributed by atoms with E-state index in [1.54, 1.807) is 6.20 Å². The van der Waals surface area contributed by atoms with Gasteiger partial charge in [-0.1, -0.05) is 20.3 Å². The number of aromatic nitrogens is 1. The van der Waals surface area contributed by atoms with Gasteiger partial charge in [-0.2, -0.15) is 0 Å². The molecule has 0 aliphatic rings. The van der Waals surface area contributed by atoms with Crippen LogP contribution in [0.2, 0.25) is 0 Å². The zero-order valence-corrected chi connectivity index (χ0v) is 10.6. The second-order valence-corrected chi connectivity index (χ2v) is 5.04. The van der Waals surface area contributed by atoms with Crippen molar-refractivity contribution in [3.8, 4) is 0 Å². The van der Waals surface area contributed by atoms with Crippen molar-refractivity contribution >= 4 is 11.6 Å². The topological polar surface area (TPSA) is 82.0 Å². The Balaban J connectivity index is 2.29. The zero-order valence-electron chi connectivity index (χ0n) is 10.6. The monoisotopic (exact) mass is 235 g/mol. The average Bonchev–Trinajstić information content (AvgIpc) is 2.26. The van der Waals surface area contributed by atoms with Crippen LogP contribution >= 0.6 is 0 Å². The molecular weight excluding hydrogens is 214 g/mol. The maximum atomic E-state index is 11.1. The Kier molecular flexibility index (Phi) is 4.49. The van der Waals surface area contributed by atoms with Gasteiger partial charge in [-0.3, -0.25) is 9.78 Å². The summed E-state index contributed by atoms with van der Waals surface area (Å²) in [5.41, 5.74) is 12.2. The minimum Gasteiger partial charge on any atom is -0.397 e. The van der Waals surface area contributed by atoms with Crippen molar-refractivity contribution in [1.29, 1.82) is 0 Å². The average molecular weight is 235 g/mol. The number of primary amides is 1. The Morgan fingerprint density at radius 3 is 2.59 bits per heavy atom. The molecule has 1 aromatic rings. The van der Waals surface area contributed by atoms with Crippen molar-refractivity contribution in [2.24, 2.45) is 11.1 Å². The number of nitrogen functional groups attached to an aromatic ring is 1. The normalized spacial score (nSPS) is 11.4. The van der Waals surface area contributed by atoms with Crippen LogP contribution in [0.25, 0.3) is 0 Å². The van der Waals surface area contributed by atoms with Crippen LogP contribution in [0.5, 0.6) is 0 Å². The molecule has 0 aliphatic heterocycles. The third-order valence-corrected chi connectivity index (χ3v) is 3.00. The molecule has 0 spiro atoms. The summed E-state index contributed by atoms with van der Waals surface area (Å²) in [7, 11) is 0. The molecule has 1 heterocycles. The van der Waals surface area contributed by atoms with Gasteiger partial charge in [-0.05, 0) is 31.4 Å². The molecule has 4 N–H and O–H groups in total. The van der Waals surface area contributed by atoms with Crippen molar-refractivity contribution < 1.29 is 4.79 Å². The molecule has 0 aliphatic carbocycles. The highest BCUT2D eigenvalue weighted by Gasteiger charge is 2.23. The summed E-state index contributed by atoms with van der Waals surface area (Å²) in [4.78, 5) is 15.3. The van der Waals surface area contributed by atoms with Gasteiger partial charge in [0.1, 0.15) is 0 Å². The van der Waals surface area contributed by atoms with E-state index in [2.05, 4.69) is 4.98 Å². The predicted molar refractivity (Wildman–Crippen MR) is 69.2 cm³/mol. The summed E-state index contributed by atoms with van der Waals surface area (Å²) in [6.45, 7) is 3.77. The SMILES string of the molecule is CC(C)(CCCCc1ccc(N)cn1)C(N)=O. The quantitative estimate of drug-likeness (QED) is 0.739. The summed E-state index contributed by atoms with van der Waals surface area (Å²) in [5.74, 6) is -0.233. The molecule has 4 nitrogen and oxygen atoms in total. The molecule has 1 amide bonds. The number of amides is 1. The smallest absolute Gasteiger partial charge is 0.223 e. The minimum atomic E-state index is -0.408. The summed E-state index contributed by atoms with van der Waals surface area (Å²) in [6.07, 6.45) is 5.38. The number of rotatable bonds is 6. The second-order valence-electron chi connectivity index (χ2n) is 5.04. The number of unbranched alkanes of at least 4 members (excludes halogenated alkanes) is 1. The van der Waals surface area contributed by atoms with Crippen molar-refractivity contribution in [1.82, 2.24) is 4.98 Å². The molecule has 0 saturated carbocycles. The number of hydrogen-bond donors (Lipinski definition) is 2. The first-order chi connectivity index (χ1) is 7.92. The highest BCUT2D eigenvalue weighted by atomic mass is 16.1. The fourth-order valence-electron chi connectivity index (χ4n) is 1.58. The van der Waals surface area contributed by atoms with Crippen LogP contribution in [0, 0.1) is 5.41 Å². The maximum absolute atomic E-state index is 11.1. The lowest BCUT2D eigenvalue weighted by Crippen LogP contribution is -2.31. The van der Waals surface area contributed by atoms with E-state index in [0.717, 1.165) is 31.4 Å². The van der Waals surface area contributed by atoms with E-state index < -0.39 is 5.41 Å². The molecule has 4 heteroatoms. The molecule has 0 saturated heterocycles. The molecule has 17 heavy (non-hydrogen) atoms. The molecule has 0 atom stereocenters. The van der Waals surface area contributed by atoms with Gasteiger partial charge in [0.05, 0.1) is 11.9 Å². The number of hydrogen-bond acceptors (Lipinski definition) is 3. The molecule has 1 aromatic heterocycles. The van der Waals surface area contributed by atoms with Crippen LogP contribution in [0.3, 0.4) is 0 Å². The summed E-state index contributed by atoms with van der Waals surface area (Å²) >= 11 is 0. The minimum absolute atomic E-state index is 0.233. The van der Waals surface area contributed by atoms with Gasteiger partial charge in [0, 0.05) is 11.1 Å². The first kappa shape index (κ1) is 13.5. The number of nitrogens with two attached hydrogens (primary N) is 2. The van der Waals surface area contributed by atoms with Gasteiger partial charge in [0.25, 0.3) is 0 Å². The number of aryl methyl sites for hydroxylation is 1. The first-order valence-electron chi connectivity index (χ1n) is 5.92. The Morgan fingerprint density at radius 2 is 2.06 bits per heavy atom. The fraction of sp³-hybridized carbons (Fsp3) is 0.538. The van der Waals surface area contributed by atoms with Gasteiger partial charge in [-0.25, -0.2) is 0 Å². The number of pyridine rings is 1. The van der Waals surface area contributed by atoms with E-state index in [4.69, 9.17) is 11.5 Å². The van der Waals surface area contributed by atoms with Crippen LogP contribution in [0.1, 0.15) is 38.8 Å². The Labute approximate surface area is 102 Å². The molecule has 0 unspecified atom stereocenters.